The summed E-state index contributed by atoms with van der Waals surface area (Å²) in [5.41, 5.74) is 6.91. The first-order valence-electron chi connectivity index (χ1n) is 6.94. The van der Waals surface area contributed by atoms with Gasteiger partial charge >= 0.3 is 0 Å². The summed E-state index contributed by atoms with van der Waals surface area (Å²) in [7, 11) is 1.95. The van der Waals surface area contributed by atoms with Gasteiger partial charge in [0.25, 0.3) is 5.91 Å². The molecule has 0 bridgehead atoms. The Morgan fingerprint density at radius 1 is 1.41 bits per heavy atom. The molecule has 1 aromatic heterocycles. The van der Waals surface area contributed by atoms with E-state index in [9.17, 15) is 9.18 Å². The van der Waals surface area contributed by atoms with Gasteiger partial charge in [-0.2, -0.15) is 0 Å². The first kappa shape index (κ1) is 16.5. The van der Waals surface area contributed by atoms with Gasteiger partial charge in [-0.05, 0) is 24.7 Å². The fraction of sp³-hybridized carbons (Fsp3) is 0.333. The minimum atomic E-state index is -0.237. The van der Waals surface area contributed by atoms with Gasteiger partial charge in [0.1, 0.15) is 16.5 Å². The summed E-state index contributed by atoms with van der Waals surface area (Å²) >= 11 is 1.38. The maximum Gasteiger partial charge on any atom is 0.270 e. The molecule has 0 spiro atoms. The van der Waals surface area contributed by atoms with Crippen molar-refractivity contribution in [3.8, 4) is 0 Å². The summed E-state index contributed by atoms with van der Waals surface area (Å²) in [5.74, 6) is -0.426. The van der Waals surface area contributed by atoms with Crippen LogP contribution in [-0.2, 0) is 13.1 Å². The van der Waals surface area contributed by atoms with Gasteiger partial charge in [0.05, 0.1) is 0 Å². The van der Waals surface area contributed by atoms with Crippen molar-refractivity contribution < 1.29 is 9.18 Å². The highest BCUT2D eigenvalue weighted by atomic mass is 32.1. The molecule has 0 fully saturated rings. The summed E-state index contributed by atoms with van der Waals surface area (Å²) in [6.45, 7) is 2.26. The first-order valence-corrected chi connectivity index (χ1v) is 7.82. The summed E-state index contributed by atoms with van der Waals surface area (Å²) in [6, 6.07) is 6.41. The van der Waals surface area contributed by atoms with E-state index in [0.29, 0.717) is 31.9 Å². The number of amides is 1. The van der Waals surface area contributed by atoms with Crippen molar-refractivity contribution in [1.82, 2.24) is 15.2 Å². The van der Waals surface area contributed by atoms with E-state index < -0.39 is 0 Å². The Balaban J connectivity index is 1.73. The topological polar surface area (TPSA) is 71.2 Å². The predicted molar refractivity (Wildman–Crippen MR) is 85.1 cm³/mol. The molecule has 7 heteroatoms. The summed E-state index contributed by atoms with van der Waals surface area (Å²) in [6.07, 6.45) is 0. The summed E-state index contributed by atoms with van der Waals surface area (Å²) in [5, 5.41) is 5.28. The average molecular weight is 322 g/mol. The Morgan fingerprint density at radius 3 is 2.77 bits per heavy atom. The quantitative estimate of drug-likeness (QED) is 0.812. The van der Waals surface area contributed by atoms with Crippen LogP contribution in [0, 0.1) is 5.82 Å². The highest BCUT2D eigenvalue weighted by Gasteiger charge is 2.10. The van der Waals surface area contributed by atoms with Crippen molar-refractivity contribution in [3.05, 3.63) is 51.7 Å². The number of benzene rings is 1. The van der Waals surface area contributed by atoms with Crippen molar-refractivity contribution in [2.45, 2.75) is 13.1 Å². The lowest BCUT2D eigenvalue weighted by Crippen LogP contribution is -2.33. The molecular weight excluding hydrogens is 303 g/mol. The van der Waals surface area contributed by atoms with Crippen LogP contribution in [0.2, 0.25) is 0 Å². The lowest BCUT2D eigenvalue weighted by molar-refractivity contribution is 0.0945. The molecule has 2 aromatic rings. The second-order valence-electron chi connectivity index (χ2n) is 4.95. The van der Waals surface area contributed by atoms with Crippen LogP contribution in [0.1, 0.15) is 21.1 Å². The molecule has 1 aromatic carbocycles. The number of carbonyl (C=O) groups is 1. The van der Waals surface area contributed by atoms with Crippen LogP contribution in [0.25, 0.3) is 0 Å². The number of rotatable bonds is 7. The fourth-order valence-corrected chi connectivity index (χ4v) is 2.60. The maximum atomic E-state index is 12.8. The lowest BCUT2D eigenvalue weighted by Gasteiger charge is -2.16. The van der Waals surface area contributed by atoms with Crippen LogP contribution in [0.5, 0.6) is 0 Å². The highest BCUT2D eigenvalue weighted by Crippen LogP contribution is 2.08. The average Bonchev–Trinajstić information content (AvgIpc) is 2.98. The van der Waals surface area contributed by atoms with E-state index >= 15 is 0 Å². The first-order chi connectivity index (χ1) is 10.6. The van der Waals surface area contributed by atoms with Gasteiger partial charge in [0.2, 0.25) is 0 Å². The zero-order valence-electron chi connectivity index (χ0n) is 12.4. The molecule has 1 heterocycles. The Labute approximate surface area is 133 Å². The number of thiazole rings is 1. The zero-order valence-corrected chi connectivity index (χ0v) is 13.2. The monoisotopic (exact) mass is 322 g/mol. The third kappa shape index (κ3) is 4.87. The second kappa shape index (κ2) is 7.98. The van der Waals surface area contributed by atoms with Gasteiger partial charge in [-0.1, -0.05) is 12.1 Å². The normalized spacial score (nSPS) is 10.9. The van der Waals surface area contributed by atoms with Crippen molar-refractivity contribution in [2.24, 2.45) is 5.73 Å². The standard InChI is InChI=1S/C15H19FN4OS/c1-20(9-11-2-4-12(16)5-3-11)7-6-18-15(21)13-10-22-14(8-17)19-13/h2-5,10H,6-9,17H2,1H3,(H,18,21). The molecule has 22 heavy (non-hydrogen) atoms. The molecule has 0 atom stereocenters. The predicted octanol–water partition coefficient (Wildman–Crippen LogP) is 1.60. The SMILES string of the molecule is CN(CCNC(=O)c1csc(CN)n1)Cc1ccc(F)cc1. The second-order valence-corrected chi connectivity index (χ2v) is 5.89. The van der Waals surface area contributed by atoms with E-state index in [1.165, 1.54) is 23.5 Å². The van der Waals surface area contributed by atoms with Gasteiger partial charge in [0, 0.05) is 31.6 Å². The smallest absolute Gasteiger partial charge is 0.270 e. The number of nitrogens with one attached hydrogen (secondary N) is 1. The molecular formula is C15H19FN4OS. The fourth-order valence-electron chi connectivity index (χ4n) is 1.94. The number of hydrogen-bond acceptors (Lipinski definition) is 5. The molecule has 1 amide bonds. The van der Waals surface area contributed by atoms with Crippen LogP contribution < -0.4 is 11.1 Å². The number of likely N-dealkylation sites (N-methyl/N-ethyl adjacent to an activating group) is 1. The molecule has 5 nitrogen and oxygen atoms in total. The zero-order chi connectivity index (χ0) is 15.9. The Bertz CT molecular complexity index is 614. The molecule has 3 N–H and O–H groups in total. The minimum Gasteiger partial charge on any atom is -0.349 e. The van der Waals surface area contributed by atoms with Crippen LogP contribution in [0.3, 0.4) is 0 Å². The van der Waals surface area contributed by atoms with E-state index in [1.54, 1.807) is 17.5 Å². The molecule has 0 unspecified atom stereocenters. The van der Waals surface area contributed by atoms with E-state index in [1.807, 2.05) is 7.05 Å². The van der Waals surface area contributed by atoms with Crippen LogP contribution in [-0.4, -0.2) is 35.9 Å². The molecule has 0 aliphatic heterocycles. The molecule has 0 saturated heterocycles. The molecule has 2 rings (SSSR count). The van der Waals surface area contributed by atoms with Gasteiger partial charge in [-0.3, -0.25) is 4.79 Å². The van der Waals surface area contributed by atoms with Crippen LogP contribution >= 0.6 is 11.3 Å². The van der Waals surface area contributed by atoms with E-state index in [0.717, 1.165) is 10.6 Å². The van der Waals surface area contributed by atoms with Crippen molar-refractivity contribution >= 4 is 17.2 Å². The van der Waals surface area contributed by atoms with Crippen LogP contribution in [0.15, 0.2) is 29.6 Å². The van der Waals surface area contributed by atoms with Gasteiger partial charge in [-0.15, -0.1) is 11.3 Å². The number of nitrogens with zero attached hydrogens (tertiary/aromatic N) is 2. The third-order valence-corrected chi connectivity index (χ3v) is 3.97. The van der Waals surface area contributed by atoms with Crippen molar-refractivity contribution in [1.29, 1.82) is 0 Å². The summed E-state index contributed by atoms with van der Waals surface area (Å²) in [4.78, 5) is 18.1. The number of carbonyl (C=O) groups excluding carboxylic acids is 1. The van der Waals surface area contributed by atoms with E-state index in [2.05, 4.69) is 15.2 Å². The summed E-state index contributed by atoms with van der Waals surface area (Å²) < 4.78 is 12.8. The Hall–Kier alpha value is -1.83. The molecule has 0 radical (unpaired) electrons. The largest absolute Gasteiger partial charge is 0.349 e. The number of nitrogens with two attached hydrogens (primary N) is 1. The number of halogens is 1. The number of aromatic nitrogens is 1. The molecule has 0 saturated carbocycles. The third-order valence-electron chi connectivity index (χ3n) is 3.10. The van der Waals surface area contributed by atoms with Gasteiger partial charge < -0.3 is 16.0 Å². The van der Waals surface area contributed by atoms with Gasteiger partial charge in [0.15, 0.2) is 0 Å². The molecule has 0 aliphatic rings. The minimum absolute atomic E-state index is 0.189. The van der Waals surface area contributed by atoms with E-state index in [-0.39, 0.29) is 11.7 Å². The molecule has 0 aliphatic carbocycles. The van der Waals surface area contributed by atoms with E-state index in [4.69, 9.17) is 5.73 Å². The molecule has 118 valence electrons. The highest BCUT2D eigenvalue weighted by molar-refractivity contribution is 7.09. The number of hydrogen-bond donors (Lipinski definition) is 2. The Morgan fingerprint density at radius 2 is 2.14 bits per heavy atom. The van der Waals surface area contributed by atoms with Crippen molar-refractivity contribution in [3.63, 3.8) is 0 Å². The Kier molecular flexibility index (Phi) is 6.00. The van der Waals surface area contributed by atoms with Crippen molar-refractivity contribution in [2.75, 3.05) is 20.1 Å². The van der Waals surface area contributed by atoms with Gasteiger partial charge in [-0.25, -0.2) is 9.37 Å². The lowest BCUT2D eigenvalue weighted by atomic mass is 10.2. The van der Waals surface area contributed by atoms with Crippen LogP contribution in [0.4, 0.5) is 4.39 Å². The maximum absolute atomic E-state index is 12.8.